The standard InChI is InChI=1S/C19H20F3N5/c1-26(2)11-12-27-24-18(23-25-27)17-6-4-3-5-15(17)13-14-7-9-16(10-8-14)19(20,21)22/h3-10H,11-13H2,1-2H3. The molecule has 5 nitrogen and oxygen atoms in total. The Balaban J connectivity index is 1.80. The summed E-state index contributed by atoms with van der Waals surface area (Å²) in [7, 11) is 3.94. The Bertz CT molecular complexity index is 885. The molecule has 3 aromatic rings. The number of rotatable bonds is 6. The third-order valence-electron chi connectivity index (χ3n) is 4.13. The van der Waals surface area contributed by atoms with Gasteiger partial charge in [-0.2, -0.15) is 18.0 Å². The predicted octanol–water partition coefficient (Wildman–Crippen LogP) is 3.51. The first-order chi connectivity index (χ1) is 12.8. The van der Waals surface area contributed by atoms with E-state index in [-0.39, 0.29) is 0 Å². The molecular weight excluding hydrogens is 355 g/mol. The molecule has 0 bridgehead atoms. The highest BCUT2D eigenvalue weighted by Gasteiger charge is 2.29. The molecule has 0 fully saturated rings. The smallest absolute Gasteiger partial charge is 0.307 e. The van der Waals surface area contributed by atoms with Gasteiger partial charge in [0.2, 0.25) is 5.82 Å². The molecule has 3 rings (SSSR count). The fraction of sp³-hybridized carbons (Fsp3) is 0.316. The molecule has 0 atom stereocenters. The predicted molar refractivity (Wildman–Crippen MR) is 96.1 cm³/mol. The van der Waals surface area contributed by atoms with Gasteiger partial charge >= 0.3 is 6.18 Å². The lowest BCUT2D eigenvalue weighted by Crippen LogP contribution is -2.19. The molecule has 0 radical (unpaired) electrons. The minimum Gasteiger partial charge on any atom is -0.307 e. The molecule has 0 spiro atoms. The Labute approximate surface area is 155 Å². The minimum absolute atomic E-state index is 0.487. The first-order valence-corrected chi connectivity index (χ1v) is 8.50. The Hall–Kier alpha value is -2.74. The summed E-state index contributed by atoms with van der Waals surface area (Å²) in [6.07, 6.45) is -3.84. The molecule has 1 heterocycles. The second-order valence-electron chi connectivity index (χ2n) is 6.54. The van der Waals surface area contributed by atoms with E-state index in [4.69, 9.17) is 0 Å². The van der Waals surface area contributed by atoms with Gasteiger partial charge in [0.1, 0.15) is 0 Å². The van der Waals surface area contributed by atoms with Crippen molar-refractivity contribution in [3.63, 3.8) is 0 Å². The maximum Gasteiger partial charge on any atom is 0.416 e. The largest absolute Gasteiger partial charge is 0.416 e. The lowest BCUT2D eigenvalue weighted by molar-refractivity contribution is -0.137. The van der Waals surface area contributed by atoms with Crippen LogP contribution >= 0.6 is 0 Å². The van der Waals surface area contributed by atoms with Crippen LogP contribution in [0.4, 0.5) is 13.2 Å². The van der Waals surface area contributed by atoms with Crippen molar-refractivity contribution >= 4 is 0 Å². The molecule has 0 aliphatic rings. The summed E-state index contributed by atoms with van der Waals surface area (Å²) in [5.41, 5.74) is 1.90. The summed E-state index contributed by atoms with van der Waals surface area (Å²) < 4.78 is 38.2. The molecule has 0 amide bonds. The number of alkyl halides is 3. The Kier molecular flexibility index (Phi) is 5.55. The first kappa shape index (κ1) is 19.0. The van der Waals surface area contributed by atoms with Gasteiger partial charge < -0.3 is 4.90 Å². The lowest BCUT2D eigenvalue weighted by Gasteiger charge is -2.09. The van der Waals surface area contributed by atoms with Crippen molar-refractivity contribution in [3.05, 3.63) is 65.2 Å². The van der Waals surface area contributed by atoms with Crippen LogP contribution in [0.3, 0.4) is 0 Å². The first-order valence-electron chi connectivity index (χ1n) is 8.50. The van der Waals surface area contributed by atoms with Crippen molar-refractivity contribution in [2.75, 3.05) is 20.6 Å². The lowest BCUT2D eigenvalue weighted by atomic mass is 9.98. The summed E-state index contributed by atoms with van der Waals surface area (Å²) in [5.74, 6) is 0.510. The van der Waals surface area contributed by atoms with Crippen LogP contribution in [0, 0.1) is 0 Å². The van der Waals surface area contributed by atoms with Crippen LogP contribution in [0.2, 0.25) is 0 Å². The molecule has 0 saturated heterocycles. The van der Waals surface area contributed by atoms with Gasteiger partial charge in [0.15, 0.2) is 0 Å². The van der Waals surface area contributed by atoms with E-state index in [1.807, 2.05) is 43.3 Å². The van der Waals surface area contributed by atoms with Gasteiger partial charge in [-0.15, -0.1) is 10.2 Å². The van der Waals surface area contributed by atoms with Gasteiger partial charge in [-0.05, 0) is 49.0 Å². The third kappa shape index (κ3) is 4.91. The summed E-state index contributed by atoms with van der Waals surface area (Å²) in [5, 5.41) is 12.6. The zero-order valence-corrected chi connectivity index (χ0v) is 15.1. The molecule has 0 aliphatic heterocycles. The van der Waals surface area contributed by atoms with Gasteiger partial charge in [-0.3, -0.25) is 0 Å². The van der Waals surface area contributed by atoms with E-state index >= 15 is 0 Å². The number of tetrazole rings is 1. The molecule has 8 heteroatoms. The highest BCUT2D eigenvalue weighted by atomic mass is 19.4. The maximum atomic E-state index is 12.7. The second-order valence-corrected chi connectivity index (χ2v) is 6.54. The quantitative estimate of drug-likeness (QED) is 0.662. The average Bonchev–Trinajstić information content (AvgIpc) is 3.09. The minimum atomic E-state index is -4.33. The summed E-state index contributed by atoms with van der Waals surface area (Å²) in [4.78, 5) is 3.58. The topological polar surface area (TPSA) is 46.8 Å². The van der Waals surface area contributed by atoms with E-state index < -0.39 is 11.7 Å². The zero-order valence-electron chi connectivity index (χ0n) is 15.1. The van der Waals surface area contributed by atoms with Crippen LogP contribution in [0.25, 0.3) is 11.4 Å². The van der Waals surface area contributed by atoms with Crippen LogP contribution in [0.5, 0.6) is 0 Å². The van der Waals surface area contributed by atoms with E-state index in [0.29, 0.717) is 18.8 Å². The van der Waals surface area contributed by atoms with Gasteiger partial charge in [0.05, 0.1) is 12.1 Å². The van der Waals surface area contributed by atoms with E-state index in [2.05, 4.69) is 15.4 Å². The number of hydrogen-bond donors (Lipinski definition) is 0. The molecule has 2 aromatic carbocycles. The zero-order chi connectivity index (χ0) is 19.4. The highest BCUT2D eigenvalue weighted by Crippen LogP contribution is 2.30. The summed E-state index contributed by atoms with van der Waals surface area (Å²) in [6.45, 7) is 1.42. The average molecular weight is 375 g/mol. The fourth-order valence-electron chi connectivity index (χ4n) is 2.66. The van der Waals surface area contributed by atoms with Crippen molar-refractivity contribution in [2.24, 2.45) is 0 Å². The molecular formula is C19H20F3N5. The van der Waals surface area contributed by atoms with E-state index in [1.54, 1.807) is 4.80 Å². The Morgan fingerprint density at radius 3 is 2.37 bits per heavy atom. The van der Waals surface area contributed by atoms with Crippen molar-refractivity contribution in [1.29, 1.82) is 0 Å². The molecule has 27 heavy (non-hydrogen) atoms. The van der Waals surface area contributed by atoms with Gasteiger partial charge in [0.25, 0.3) is 0 Å². The molecule has 0 aliphatic carbocycles. The number of halogens is 3. The van der Waals surface area contributed by atoms with Crippen molar-refractivity contribution in [3.8, 4) is 11.4 Å². The van der Waals surface area contributed by atoms with Crippen LogP contribution in [0.1, 0.15) is 16.7 Å². The monoisotopic (exact) mass is 375 g/mol. The summed E-state index contributed by atoms with van der Waals surface area (Å²) >= 11 is 0. The number of hydrogen-bond acceptors (Lipinski definition) is 4. The van der Waals surface area contributed by atoms with Crippen molar-refractivity contribution < 1.29 is 13.2 Å². The van der Waals surface area contributed by atoms with E-state index in [1.165, 1.54) is 12.1 Å². The number of aromatic nitrogens is 4. The Morgan fingerprint density at radius 2 is 1.70 bits per heavy atom. The Morgan fingerprint density at radius 1 is 1.00 bits per heavy atom. The summed E-state index contributed by atoms with van der Waals surface area (Å²) in [6, 6.07) is 12.8. The maximum absolute atomic E-state index is 12.7. The molecule has 0 saturated carbocycles. The third-order valence-corrected chi connectivity index (χ3v) is 4.13. The number of likely N-dealkylation sites (N-methyl/N-ethyl adjacent to an activating group) is 1. The number of benzene rings is 2. The molecule has 142 valence electrons. The van der Waals surface area contributed by atoms with Gasteiger partial charge in [-0.1, -0.05) is 36.4 Å². The second kappa shape index (κ2) is 7.87. The van der Waals surface area contributed by atoms with Crippen molar-refractivity contribution in [2.45, 2.75) is 19.1 Å². The van der Waals surface area contributed by atoms with Crippen LogP contribution in [-0.4, -0.2) is 45.7 Å². The van der Waals surface area contributed by atoms with Crippen LogP contribution in [-0.2, 0) is 19.1 Å². The SMILES string of the molecule is CN(C)CCn1nnc(-c2ccccc2Cc2ccc(C(F)(F)F)cc2)n1. The number of nitrogens with zero attached hydrogens (tertiary/aromatic N) is 5. The molecule has 1 aromatic heterocycles. The highest BCUT2D eigenvalue weighted by molar-refractivity contribution is 5.60. The van der Waals surface area contributed by atoms with E-state index in [0.717, 1.165) is 35.4 Å². The molecule has 0 N–H and O–H groups in total. The normalized spacial score (nSPS) is 11.9. The van der Waals surface area contributed by atoms with E-state index in [9.17, 15) is 13.2 Å². The van der Waals surface area contributed by atoms with Gasteiger partial charge in [-0.25, -0.2) is 0 Å². The molecule has 0 unspecified atom stereocenters. The van der Waals surface area contributed by atoms with Crippen LogP contribution in [0.15, 0.2) is 48.5 Å². The van der Waals surface area contributed by atoms with Gasteiger partial charge in [0, 0.05) is 12.1 Å². The van der Waals surface area contributed by atoms with Crippen molar-refractivity contribution in [1.82, 2.24) is 25.1 Å². The van der Waals surface area contributed by atoms with Crippen LogP contribution < -0.4 is 0 Å². The fourth-order valence-corrected chi connectivity index (χ4v) is 2.66.